The van der Waals surface area contributed by atoms with Crippen LogP contribution >= 0.6 is 0 Å². The van der Waals surface area contributed by atoms with Gasteiger partial charge in [0.05, 0.1) is 5.69 Å². The normalized spacial score (nSPS) is 12.3. The number of hydrogen-bond donors (Lipinski definition) is 1. The molecule has 1 heterocycles. The van der Waals surface area contributed by atoms with Gasteiger partial charge in [-0.3, -0.25) is 4.98 Å². The van der Waals surface area contributed by atoms with Gasteiger partial charge in [0.2, 0.25) is 0 Å². The summed E-state index contributed by atoms with van der Waals surface area (Å²) in [4.78, 5) is 4.24. The summed E-state index contributed by atoms with van der Waals surface area (Å²) in [6.45, 7) is 2.69. The Morgan fingerprint density at radius 1 is 1.17 bits per heavy atom. The van der Waals surface area contributed by atoms with E-state index >= 15 is 0 Å². The first-order valence-electron chi connectivity index (χ1n) is 6.19. The molecular formula is C15H17FN2. The highest BCUT2D eigenvalue weighted by Crippen LogP contribution is 2.19. The maximum Gasteiger partial charge on any atom is 0.127 e. The summed E-state index contributed by atoms with van der Waals surface area (Å²) in [6.07, 6.45) is 2.61. The third-order valence-electron chi connectivity index (χ3n) is 2.94. The van der Waals surface area contributed by atoms with Crippen molar-refractivity contribution >= 4 is 0 Å². The summed E-state index contributed by atoms with van der Waals surface area (Å²) in [6, 6.07) is 12.7. The predicted molar refractivity (Wildman–Crippen MR) is 70.5 cm³/mol. The minimum absolute atomic E-state index is 0.0215. The zero-order chi connectivity index (χ0) is 12.8. The van der Waals surface area contributed by atoms with Gasteiger partial charge in [-0.15, -0.1) is 0 Å². The number of pyridine rings is 1. The molecule has 1 unspecified atom stereocenters. The van der Waals surface area contributed by atoms with Gasteiger partial charge < -0.3 is 5.32 Å². The molecule has 0 saturated carbocycles. The molecule has 0 fully saturated rings. The lowest BCUT2D eigenvalue weighted by Crippen LogP contribution is -2.21. The van der Waals surface area contributed by atoms with Crippen LogP contribution in [0.3, 0.4) is 0 Å². The fourth-order valence-corrected chi connectivity index (χ4v) is 1.96. The van der Waals surface area contributed by atoms with Crippen LogP contribution in [0.15, 0.2) is 48.7 Å². The lowest BCUT2D eigenvalue weighted by atomic mass is 10.0. The van der Waals surface area contributed by atoms with Gasteiger partial charge in [-0.25, -0.2) is 4.39 Å². The molecule has 0 amide bonds. The molecule has 1 aromatic carbocycles. The standard InChI is InChI=1S/C15H17FN2/c1-2-15(13-8-3-4-9-14(13)16)18-11-12-7-5-6-10-17-12/h3-10,15,18H,2,11H2,1H3. The van der Waals surface area contributed by atoms with E-state index in [9.17, 15) is 4.39 Å². The summed E-state index contributed by atoms with van der Waals surface area (Å²) >= 11 is 0. The van der Waals surface area contributed by atoms with Gasteiger partial charge in [-0.2, -0.15) is 0 Å². The zero-order valence-electron chi connectivity index (χ0n) is 10.4. The molecule has 2 nitrogen and oxygen atoms in total. The monoisotopic (exact) mass is 244 g/mol. The minimum atomic E-state index is -0.155. The van der Waals surface area contributed by atoms with Crippen molar-refractivity contribution in [2.75, 3.05) is 0 Å². The highest BCUT2D eigenvalue weighted by Gasteiger charge is 2.12. The van der Waals surface area contributed by atoms with Crippen LogP contribution in [0.5, 0.6) is 0 Å². The van der Waals surface area contributed by atoms with E-state index in [4.69, 9.17) is 0 Å². The smallest absolute Gasteiger partial charge is 0.127 e. The Morgan fingerprint density at radius 2 is 1.94 bits per heavy atom. The second kappa shape index (κ2) is 6.26. The van der Waals surface area contributed by atoms with Crippen molar-refractivity contribution in [2.24, 2.45) is 0 Å². The number of nitrogens with one attached hydrogen (secondary N) is 1. The maximum absolute atomic E-state index is 13.7. The number of aromatic nitrogens is 1. The van der Waals surface area contributed by atoms with Crippen molar-refractivity contribution in [3.05, 3.63) is 65.7 Å². The summed E-state index contributed by atoms with van der Waals surface area (Å²) in [5, 5.41) is 3.34. The summed E-state index contributed by atoms with van der Waals surface area (Å²) in [5.41, 5.74) is 1.68. The molecule has 0 spiro atoms. The van der Waals surface area contributed by atoms with Gasteiger partial charge in [0.1, 0.15) is 5.82 Å². The Kier molecular flexibility index (Phi) is 4.42. The lowest BCUT2D eigenvalue weighted by molar-refractivity contribution is 0.485. The second-order valence-electron chi connectivity index (χ2n) is 4.18. The molecule has 0 bridgehead atoms. The van der Waals surface area contributed by atoms with Crippen molar-refractivity contribution in [1.29, 1.82) is 0 Å². The first kappa shape index (κ1) is 12.7. The van der Waals surface area contributed by atoms with Gasteiger partial charge in [0.15, 0.2) is 0 Å². The van der Waals surface area contributed by atoms with Crippen LogP contribution in [-0.4, -0.2) is 4.98 Å². The molecule has 0 aliphatic heterocycles. The molecule has 0 aliphatic rings. The molecule has 1 N–H and O–H groups in total. The van der Waals surface area contributed by atoms with Gasteiger partial charge in [0.25, 0.3) is 0 Å². The summed E-state index contributed by atoms with van der Waals surface area (Å²) in [5.74, 6) is -0.155. The van der Waals surface area contributed by atoms with Gasteiger partial charge in [-0.1, -0.05) is 31.2 Å². The van der Waals surface area contributed by atoms with Gasteiger partial charge in [0, 0.05) is 24.3 Å². The number of rotatable bonds is 5. The van der Waals surface area contributed by atoms with Crippen LogP contribution in [0.4, 0.5) is 4.39 Å². The Labute approximate surface area is 107 Å². The van der Waals surface area contributed by atoms with Crippen LogP contribution in [0.25, 0.3) is 0 Å². The maximum atomic E-state index is 13.7. The van der Waals surface area contributed by atoms with E-state index in [1.54, 1.807) is 12.3 Å². The second-order valence-corrected chi connectivity index (χ2v) is 4.18. The summed E-state index contributed by atoms with van der Waals surface area (Å²) < 4.78 is 13.7. The highest BCUT2D eigenvalue weighted by molar-refractivity contribution is 5.21. The molecule has 0 aliphatic carbocycles. The number of halogens is 1. The minimum Gasteiger partial charge on any atom is -0.304 e. The van der Waals surface area contributed by atoms with Crippen molar-refractivity contribution in [2.45, 2.75) is 25.9 Å². The number of hydrogen-bond acceptors (Lipinski definition) is 2. The Morgan fingerprint density at radius 3 is 2.61 bits per heavy atom. The van der Waals surface area contributed by atoms with E-state index in [-0.39, 0.29) is 11.9 Å². The van der Waals surface area contributed by atoms with Crippen LogP contribution in [0, 0.1) is 5.82 Å². The zero-order valence-corrected chi connectivity index (χ0v) is 10.4. The van der Waals surface area contributed by atoms with E-state index in [0.717, 1.165) is 17.7 Å². The van der Waals surface area contributed by atoms with Gasteiger partial charge in [-0.05, 0) is 24.6 Å². The number of nitrogens with zero attached hydrogens (tertiary/aromatic N) is 1. The molecule has 94 valence electrons. The fraction of sp³-hybridized carbons (Fsp3) is 0.267. The van der Waals surface area contributed by atoms with Crippen LogP contribution in [0.1, 0.15) is 30.6 Å². The van der Waals surface area contributed by atoms with Gasteiger partial charge >= 0.3 is 0 Å². The molecule has 1 aromatic heterocycles. The molecular weight excluding hydrogens is 227 g/mol. The van der Waals surface area contributed by atoms with Crippen LogP contribution in [0.2, 0.25) is 0 Å². The molecule has 3 heteroatoms. The van der Waals surface area contributed by atoms with Crippen molar-refractivity contribution in [1.82, 2.24) is 10.3 Å². The third kappa shape index (κ3) is 3.14. The average molecular weight is 244 g/mol. The lowest BCUT2D eigenvalue weighted by Gasteiger charge is -2.17. The Bertz CT molecular complexity index is 485. The van der Waals surface area contributed by atoms with Crippen molar-refractivity contribution < 1.29 is 4.39 Å². The molecule has 2 aromatic rings. The highest BCUT2D eigenvalue weighted by atomic mass is 19.1. The van der Waals surface area contributed by atoms with Crippen LogP contribution in [-0.2, 0) is 6.54 Å². The fourth-order valence-electron chi connectivity index (χ4n) is 1.96. The molecule has 0 radical (unpaired) electrons. The largest absolute Gasteiger partial charge is 0.304 e. The van der Waals surface area contributed by atoms with Crippen molar-refractivity contribution in [3.8, 4) is 0 Å². The van der Waals surface area contributed by atoms with E-state index in [2.05, 4.69) is 10.3 Å². The topological polar surface area (TPSA) is 24.9 Å². The van der Waals surface area contributed by atoms with E-state index in [1.165, 1.54) is 6.07 Å². The first-order chi connectivity index (χ1) is 8.81. The first-order valence-corrected chi connectivity index (χ1v) is 6.19. The molecule has 0 saturated heterocycles. The van der Waals surface area contributed by atoms with Crippen LogP contribution < -0.4 is 5.32 Å². The molecule has 1 atom stereocenters. The average Bonchev–Trinajstić information content (AvgIpc) is 2.42. The summed E-state index contributed by atoms with van der Waals surface area (Å²) in [7, 11) is 0. The van der Waals surface area contributed by atoms with E-state index in [0.29, 0.717) is 6.54 Å². The SMILES string of the molecule is CCC(NCc1ccccn1)c1ccccc1F. The Balaban J connectivity index is 2.04. The quantitative estimate of drug-likeness (QED) is 0.871. The van der Waals surface area contributed by atoms with E-state index in [1.807, 2.05) is 37.3 Å². The number of benzene rings is 1. The molecule has 18 heavy (non-hydrogen) atoms. The molecule has 2 rings (SSSR count). The van der Waals surface area contributed by atoms with E-state index < -0.39 is 0 Å². The third-order valence-corrected chi connectivity index (χ3v) is 2.94. The predicted octanol–water partition coefficient (Wildman–Crippen LogP) is 3.46. The Hall–Kier alpha value is -1.74. The van der Waals surface area contributed by atoms with Crippen molar-refractivity contribution in [3.63, 3.8) is 0 Å².